The molecule has 4 rings (SSSR count). The molecular weight excluding hydrogens is 304 g/mol. The lowest BCUT2D eigenvalue weighted by molar-refractivity contribution is -0.126. The van der Waals surface area contributed by atoms with Crippen LogP contribution in [-0.4, -0.2) is 23.6 Å². The molecule has 0 unspecified atom stereocenters. The Balaban J connectivity index is 1.73. The van der Waals surface area contributed by atoms with Crippen molar-refractivity contribution in [1.29, 1.82) is 0 Å². The SMILES string of the molecule is CSC[C@@]12CCC[C@H]1[C@@H]1CC(=O)C3=CC(=O)C=C[C@]3(C)[C@H]1CC2. The number of carbonyl (C=O) groups excluding carboxylic acids is 2. The highest BCUT2D eigenvalue weighted by Gasteiger charge is 2.58. The van der Waals surface area contributed by atoms with Crippen LogP contribution in [0, 0.1) is 28.6 Å². The van der Waals surface area contributed by atoms with Crippen molar-refractivity contribution < 1.29 is 9.59 Å². The Morgan fingerprint density at radius 2 is 2.04 bits per heavy atom. The molecule has 0 spiro atoms. The molecule has 4 aliphatic rings. The van der Waals surface area contributed by atoms with Crippen molar-refractivity contribution in [3.05, 3.63) is 23.8 Å². The van der Waals surface area contributed by atoms with E-state index in [0.717, 1.165) is 5.57 Å². The van der Waals surface area contributed by atoms with Gasteiger partial charge in [-0.1, -0.05) is 19.4 Å². The van der Waals surface area contributed by atoms with Crippen molar-refractivity contribution in [3.8, 4) is 0 Å². The number of hydrogen-bond acceptors (Lipinski definition) is 3. The Morgan fingerprint density at radius 1 is 1.22 bits per heavy atom. The minimum atomic E-state index is -0.206. The van der Waals surface area contributed by atoms with Crippen LogP contribution < -0.4 is 0 Å². The molecule has 0 radical (unpaired) electrons. The number of thioether (sulfide) groups is 1. The third-order valence-electron chi connectivity index (χ3n) is 7.35. The molecule has 0 aromatic heterocycles. The highest BCUT2D eigenvalue weighted by Crippen LogP contribution is 2.64. The van der Waals surface area contributed by atoms with E-state index < -0.39 is 0 Å². The van der Waals surface area contributed by atoms with Crippen molar-refractivity contribution in [1.82, 2.24) is 0 Å². The van der Waals surface area contributed by atoms with Crippen LogP contribution in [0.2, 0.25) is 0 Å². The fraction of sp³-hybridized carbons (Fsp3) is 0.700. The molecular formula is C20H26O2S. The summed E-state index contributed by atoms with van der Waals surface area (Å²) in [6.07, 6.45) is 14.8. The highest BCUT2D eigenvalue weighted by atomic mass is 32.2. The molecule has 0 heterocycles. The summed E-state index contributed by atoms with van der Waals surface area (Å²) < 4.78 is 0. The van der Waals surface area contributed by atoms with Crippen LogP contribution in [0.25, 0.3) is 0 Å². The summed E-state index contributed by atoms with van der Waals surface area (Å²) in [6.45, 7) is 2.20. The average Bonchev–Trinajstić information content (AvgIpc) is 2.94. The van der Waals surface area contributed by atoms with Crippen LogP contribution >= 0.6 is 11.8 Å². The molecule has 3 heteroatoms. The van der Waals surface area contributed by atoms with E-state index in [0.29, 0.717) is 29.6 Å². The number of rotatable bonds is 2. The van der Waals surface area contributed by atoms with Crippen LogP contribution in [-0.2, 0) is 9.59 Å². The van der Waals surface area contributed by atoms with E-state index in [9.17, 15) is 9.59 Å². The van der Waals surface area contributed by atoms with Crippen molar-refractivity contribution in [2.45, 2.75) is 45.4 Å². The maximum absolute atomic E-state index is 12.8. The van der Waals surface area contributed by atoms with Crippen LogP contribution in [0.4, 0.5) is 0 Å². The number of carbonyl (C=O) groups is 2. The standard InChI is InChI=1S/C20H26O2S/c1-19-8-5-13(21)10-17(19)18(22)11-14-15(19)6-9-20(12-23-2)7-3-4-16(14)20/h5,8,10,14-16H,3-4,6-7,9,11-12H2,1-2H3/t14-,15+,16+,19-,20+/m1/s1. The topological polar surface area (TPSA) is 34.1 Å². The fourth-order valence-electron chi connectivity index (χ4n) is 6.37. The molecule has 3 saturated carbocycles. The lowest BCUT2D eigenvalue weighted by Crippen LogP contribution is -2.52. The predicted octanol–water partition coefficient (Wildman–Crippen LogP) is 4.21. The molecule has 4 aliphatic carbocycles. The number of Topliss-reactive ketones (excluding diaryl/α,β-unsaturated/α-hetero) is 1. The molecule has 0 amide bonds. The smallest absolute Gasteiger partial charge is 0.178 e. The Kier molecular flexibility index (Phi) is 3.64. The first-order valence-electron chi connectivity index (χ1n) is 8.98. The van der Waals surface area contributed by atoms with Crippen molar-refractivity contribution >= 4 is 23.3 Å². The van der Waals surface area contributed by atoms with Crippen LogP contribution in [0.3, 0.4) is 0 Å². The van der Waals surface area contributed by atoms with Crippen molar-refractivity contribution in [2.75, 3.05) is 12.0 Å². The van der Waals surface area contributed by atoms with Gasteiger partial charge < -0.3 is 0 Å². The van der Waals surface area contributed by atoms with Gasteiger partial charge in [-0.05, 0) is 73.0 Å². The van der Waals surface area contributed by atoms with E-state index in [1.165, 1.54) is 37.9 Å². The minimum Gasteiger partial charge on any atom is -0.295 e. The summed E-state index contributed by atoms with van der Waals surface area (Å²) in [4.78, 5) is 24.6. The van der Waals surface area contributed by atoms with Gasteiger partial charge in [-0.3, -0.25) is 9.59 Å². The molecule has 5 atom stereocenters. The van der Waals surface area contributed by atoms with E-state index in [-0.39, 0.29) is 17.0 Å². The van der Waals surface area contributed by atoms with Crippen LogP contribution in [0.5, 0.6) is 0 Å². The molecule has 124 valence electrons. The van der Waals surface area contributed by atoms with Crippen molar-refractivity contribution in [3.63, 3.8) is 0 Å². The summed E-state index contributed by atoms with van der Waals surface area (Å²) in [6, 6.07) is 0. The summed E-state index contributed by atoms with van der Waals surface area (Å²) >= 11 is 1.98. The third-order valence-corrected chi connectivity index (χ3v) is 8.21. The molecule has 2 nitrogen and oxygen atoms in total. The summed E-state index contributed by atoms with van der Waals surface area (Å²) in [5.74, 6) is 3.24. The molecule has 0 bridgehead atoms. The second-order valence-corrected chi connectivity index (χ2v) is 9.17. The number of fused-ring (bicyclic) bond motifs is 5. The largest absolute Gasteiger partial charge is 0.295 e. The Hall–Kier alpha value is -0.830. The second kappa shape index (κ2) is 5.34. The Labute approximate surface area is 143 Å². The van der Waals surface area contributed by atoms with Crippen LogP contribution in [0.1, 0.15) is 45.4 Å². The Morgan fingerprint density at radius 3 is 2.83 bits per heavy atom. The third kappa shape index (κ3) is 2.15. The molecule has 23 heavy (non-hydrogen) atoms. The van der Waals surface area contributed by atoms with Crippen LogP contribution in [0.15, 0.2) is 23.8 Å². The monoisotopic (exact) mass is 330 g/mol. The van der Waals surface area contributed by atoms with Crippen molar-refractivity contribution in [2.24, 2.45) is 28.6 Å². The van der Waals surface area contributed by atoms with Gasteiger partial charge >= 0.3 is 0 Å². The first kappa shape index (κ1) is 15.7. The van der Waals surface area contributed by atoms with E-state index in [4.69, 9.17) is 0 Å². The molecule has 0 saturated heterocycles. The zero-order valence-corrected chi connectivity index (χ0v) is 15.0. The van der Waals surface area contributed by atoms with E-state index >= 15 is 0 Å². The highest BCUT2D eigenvalue weighted by molar-refractivity contribution is 7.98. The maximum atomic E-state index is 12.8. The van der Waals surface area contributed by atoms with E-state index in [1.54, 1.807) is 12.2 Å². The predicted molar refractivity (Wildman–Crippen MR) is 94.3 cm³/mol. The van der Waals surface area contributed by atoms with Gasteiger partial charge in [-0.2, -0.15) is 11.8 Å². The van der Waals surface area contributed by atoms with Gasteiger partial charge in [0, 0.05) is 17.4 Å². The lowest BCUT2D eigenvalue weighted by atomic mass is 9.48. The molecule has 3 fully saturated rings. The molecule has 0 aromatic rings. The zero-order chi connectivity index (χ0) is 16.2. The molecule has 0 N–H and O–H groups in total. The summed E-state index contributed by atoms with van der Waals surface area (Å²) in [5.41, 5.74) is 1.07. The zero-order valence-electron chi connectivity index (χ0n) is 14.1. The van der Waals surface area contributed by atoms with Gasteiger partial charge in [-0.15, -0.1) is 0 Å². The average molecular weight is 330 g/mol. The van der Waals surface area contributed by atoms with Gasteiger partial charge in [0.25, 0.3) is 0 Å². The first-order chi connectivity index (χ1) is 11.0. The summed E-state index contributed by atoms with van der Waals surface area (Å²) in [7, 11) is 0. The number of allylic oxidation sites excluding steroid dienone is 4. The van der Waals surface area contributed by atoms with Gasteiger partial charge in [0.05, 0.1) is 0 Å². The normalized spacial score (nSPS) is 45.3. The van der Waals surface area contributed by atoms with Gasteiger partial charge in [0.1, 0.15) is 0 Å². The molecule has 0 aliphatic heterocycles. The fourth-order valence-corrected chi connectivity index (χ4v) is 7.45. The van der Waals surface area contributed by atoms with E-state index in [2.05, 4.69) is 19.3 Å². The summed E-state index contributed by atoms with van der Waals surface area (Å²) in [5, 5.41) is 0. The number of ketones is 2. The van der Waals surface area contributed by atoms with Gasteiger partial charge in [0.2, 0.25) is 0 Å². The van der Waals surface area contributed by atoms with Gasteiger partial charge in [0.15, 0.2) is 11.6 Å². The quantitative estimate of drug-likeness (QED) is 0.761. The van der Waals surface area contributed by atoms with E-state index in [1.807, 2.05) is 11.8 Å². The van der Waals surface area contributed by atoms with Gasteiger partial charge in [-0.25, -0.2) is 0 Å². The number of hydrogen-bond donors (Lipinski definition) is 0. The first-order valence-corrected chi connectivity index (χ1v) is 10.4. The second-order valence-electron chi connectivity index (χ2n) is 8.31. The maximum Gasteiger partial charge on any atom is 0.178 e. The Bertz CT molecular complexity index is 619. The minimum absolute atomic E-state index is 0.0160. The lowest BCUT2D eigenvalue weighted by Gasteiger charge is -2.56. The molecule has 0 aromatic carbocycles.